The summed E-state index contributed by atoms with van der Waals surface area (Å²) in [5.74, 6) is 1.92. The summed E-state index contributed by atoms with van der Waals surface area (Å²) >= 11 is 0. The maximum Gasteiger partial charge on any atom is 0.146 e. The van der Waals surface area contributed by atoms with Crippen molar-refractivity contribution in [3.8, 4) is 5.75 Å². The number of nitrogens with one attached hydrogen (secondary N) is 1. The number of fused-ring (bicyclic) bond motifs is 1. The van der Waals surface area contributed by atoms with Gasteiger partial charge in [0.2, 0.25) is 0 Å². The Morgan fingerprint density at radius 3 is 3.05 bits per heavy atom. The van der Waals surface area contributed by atoms with Crippen LogP contribution < -0.4 is 10.1 Å². The van der Waals surface area contributed by atoms with Crippen molar-refractivity contribution in [1.29, 1.82) is 0 Å². The van der Waals surface area contributed by atoms with E-state index in [1.807, 2.05) is 17.7 Å². The summed E-state index contributed by atoms with van der Waals surface area (Å²) in [6.45, 7) is 0.764. The number of rotatable bonds is 4. The van der Waals surface area contributed by atoms with E-state index in [0.717, 1.165) is 37.4 Å². The van der Waals surface area contributed by atoms with Gasteiger partial charge >= 0.3 is 0 Å². The second-order valence-corrected chi connectivity index (χ2v) is 5.31. The van der Waals surface area contributed by atoms with Gasteiger partial charge in [-0.2, -0.15) is 0 Å². The first kappa shape index (κ1) is 13.1. The number of benzene rings is 1. The molecule has 20 heavy (non-hydrogen) atoms. The van der Waals surface area contributed by atoms with E-state index in [2.05, 4.69) is 27.6 Å². The van der Waals surface area contributed by atoms with Crippen molar-refractivity contribution in [3.05, 3.63) is 41.5 Å². The quantitative estimate of drug-likeness (QED) is 0.916. The van der Waals surface area contributed by atoms with Crippen molar-refractivity contribution >= 4 is 0 Å². The van der Waals surface area contributed by atoms with Crippen molar-refractivity contribution in [1.82, 2.24) is 20.1 Å². The molecule has 1 aliphatic carbocycles. The summed E-state index contributed by atoms with van der Waals surface area (Å²) in [5, 5.41) is 11.6. The van der Waals surface area contributed by atoms with Gasteiger partial charge in [-0.3, -0.25) is 0 Å². The molecule has 1 aromatic carbocycles. The van der Waals surface area contributed by atoms with Gasteiger partial charge in [0.25, 0.3) is 0 Å². The number of hydrogen-bond donors (Lipinski definition) is 1. The minimum Gasteiger partial charge on any atom is -0.497 e. The van der Waals surface area contributed by atoms with Crippen LogP contribution in [0.25, 0.3) is 0 Å². The Balaban J connectivity index is 1.64. The number of methoxy groups -OCH3 is 1. The molecule has 0 saturated heterocycles. The molecule has 5 heteroatoms. The van der Waals surface area contributed by atoms with Crippen LogP contribution in [-0.4, -0.2) is 27.9 Å². The molecular formula is C15H20N4O. The Bertz CT molecular complexity index is 593. The Kier molecular flexibility index (Phi) is 3.69. The maximum atomic E-state index is 5.31. The minimum atomic E-state index is 0.492. The Morgan fingerprint density at radius 2 is 2.30 bits per heavy atom. The molecule has 106 valence electrons. The number of aryl methyl sites for hydroxylation is 2. The molecule has 0 bridgehead atoms. The lowest BCUT2D eigenvalue weighted by Gasteiger charge is -2.25. The highest BCUT2D eigenvalue weighted by molar-refractivity contribution is 5.37. The van der Waals surface area contributed by atoms with Gasteiger partial charge < -0.3 is 14.6 Å². The van der Waals surface area contributed by atoms with Crippen LogP contribution in [0.4, 0.5) is 0 Å². The van der Waals surface area contributed by atoms with Crippen molar-refractivity contribution in [3.63, 3.8) is 0 Å². The standard InChI is InChI=1S/C15H20N4O/c1-19-10-17-18-15(19)9-16-13-5-3-11-4-6-14(20-2)8-12(11)7-13/h4,6,8,10,13,16H,3,5,7,9H2,1-2H3. The Hall–Kier alpha value is -1.88. The predicted molar refractivity (Wildman–Crippen MR) is 76.6 cm³/mol. The van der Waals surface area contributed by atoms with E-state index in [-0.39, 0.29) is 0 Å². The first-order chi connectivity index (χ1) is 9.76. The van der Waals surface area contributed by atoms with Crippen molar-refractivity contribution in [2.75, 3.05) is 7.11 Å². The summed E-state index contributed by atoms with van der Waals surface area (Å²) in [6, 6.07) is 6.89. The van der Waals surface area contributed by atoms with E-state index < -0.39 is 0 Å². The fourth-order valence-electron chi connectivity index (χ4n) is 2.74. The predicted octanol–water partition coefficient (Wildman–Crippen LogP) is 1.47. The van der Waals surface area contributed by atoms with Gasteiger partial charge in [-0.05, 0) is 42.5 Å². The van der Waals surface area contributed by atoms with E-state index >= 15 is 0 Å². The van der Waals surface area contributed by atoms with E-state index in [4.69, 9.17) is 4.74 Å². The van der Waals surface area contributed by atoms with E-state index in [1.165, 1.54) is 11.1 Å². The van der Waals surface area contributed by atoms with Crippen molar-refractivity contribution in [2.24, 2.45) is 7.05 Å². The van der Waals surface area contributed by atoms with E-state index in [1.54, 1.807) is 13.4 Å². The molecule has 0 saturated carbocycles. The van der Waals surface area contributed by atoms with Crippen molar-refractivity contribution < 1.29 is 4.74 Å². The topological polar surface area (TPSA) is 52.0 Å². The molecule has 2 aromatic rings. The molecule has 5 nitrogen and oxygen atoms in total. The summed E-state index contributed by atoms with van der Waals surface area (Å²) in [5.41, 5.74) is 2.84. The molecule has 3 rings (SSSR count). The lowest BCUT2D eigenvalue weighted by atomic mass is 9.88. The minimum absolute atomic E-state index is 0.492. The van der Waals surface area contributed by atoms with Gasteiger partial charge in [-0.15, -0.1) is 10.2 Å². The SMILES string of the molecule is COc1ccc2c(c1)CC(NCc1nncn1C)CC2. The Labute approximate surface area is 119 Å². The van der Waals surface area contributed by atoms with Crippen LogP contribution in [0.15, 0.2) is 24.5 Å². The average molecular weight is 272 g/mol. The second-order valence-electron chi connectivity index (χ2n) is 5.31. The van der Waals surface area contributed by atoms with E-state index in [0.29, 0.717) is 6.04 Å². The molecule has 1 heterocycles. The maximum absolute atomic E-state index is 5.31. The third kappa shape index (κ3) is 2.67. The number of ether oxygens (including phenoxy) is 1. The van der Waals surface area contributed by atoms with Crippen LogP contribution in [0.1, 0.15) is 23.4 Å². The van der Waals surface area contributed by atoms with Gasteiger partial charge in [-0.1, -0.05) is 6.07 Å². The van der Waals surface area contributed by atoms with Gasteiger partial charge in [-0.25, -0.2) is 0 Å². The molecule has 1 aliphatic rings. The molecular weight excluding hydrogens is 252 g/mol. The van der Waals surface area contributed by atoms with Gasteiger partial charge in [0.1, 0.15) is 17.9 Å². The van der Waals surface area contributed by atoms with Gasteiger partial charge in [0.15, 0.2) is 0 Å². The third-order valence-electron chi connectivity index (χ3n) is 4.00. The normalized spacial score (nSPS) is 17.8. The molecule has 0 radical (unpaired) electrons. The first-order valence-electron chi connectivity index (χ1n) is 6.98. The van der Waals surface area contributed by atoms with Gasteiger partial charge in [0, 0.05) is 13.1 Å². The van der Waals surface area contributed by atoms with Crippen LogP contribution in [-0.2, 0) is 26.4 Å². The molecule has 1 N–H and O–H groups in total. The highest BCUT2D eigenvalue weighted by Gasteiger charge is 2.19. The molecule has 0 amide bonds. The Morgan fingerprint density at radius 1 is 1.40 bits per heavy atom. The fraction of sp³-hybridized carbons (Fsp3) is 0.467. The monoisotopic (exact) mass is 272 g/mol. The van der Waals surface area contributed by atoms with Crippen molar-refractivity contribution in [2.45, 2.75) is 31.8 Å². The number of hydrogen-bond acceptors (Lipinski definition) is 4. The van der Waals surface area contributed by atoms with Crippen LogP contribution >= 0.6 is 0 Å². The summed E-state index contributed by atoms with van der Waals surface area (Å²) in [7, 11) is 3.69. The average Bonchev–Trinajstić information content (AvgIpc) is 2.89. The van der Waals surface area contributed by atoms with Crippen LogP contribution in [0.5, 0.6) is 5.75 Å². The molecule has 0 aliphatic heterocycles. The molecule has 1 unspecified atom stereocenters. The molecule has 1 aromatic heterocycles. The second kappa shape index (κ2) is 5.63. The zero-order valence-electron chi connectivity index (χ0n) is 12.0. The first-order valence-corrected chi connectivity index (χ1v) is 6.98. The molecule has 0 fully saturated rings. The summed E-state index contributed by atoms with van der Waals surface area (Å²) in [4.78, 5) is 0. The summed E-state index contributed by atoms with van der Waals surface area (Å²) < 4.78 is 7.26. The smallest absolute Gasteiger partial charge is 0.146 e. The van der Waals surface area contributed by atoms with Gasteiger partial charge in [0.05, 0.1) is 13.7 Å². The van der Waals surface area contributed by atoms with Crippen LogP contribution in [0, 0.1) is 0 Å². The largest absolute Gasteiger partial charge is 0.497 e. The lowest BCUT2D eigenvalue weighted by Crippen LogP contribution is -2.34. The summed E-state index contributed by atoms with van der Waals surface area (Å²) in [6.07, 6.45) is 5.06. The molecule has 0 spiro atoms. The fourth-order valence-corrected chi connectivity index (χ4v) is 2.74. The van der Waals surface area contributed by atoms with E-state index in [9.17, 15) is 0 Å². The zero-order chi connectivity index (χ0) is 13.9. The van der Waals surface area contributed by atoms with Crippen LogP contribution in [0.2, 0.25) is 0 Å². The highest BCUT2D eigenvalue weighted by atomic mass is 16.5. The highest BCUT2D eigenvalue weighted by Crippen LogP contribution is 2.25. The number of aromatic nitrogens is 3. The van der Waals surface area contributed by atoms with Crippen LogP contribution in [0.3, 0.4) is 0 Å². The molecule has 1 atom stereocenters. The zero-order valence-corrected chi connectivity index (χ0v) is 12.0. The third-order valence-corrected chi connectivity index (χ3v) is 4.00. The number of nitrogens with zero attached hydrogens (tertiary/aromatic N) is 3. The lowest BCUT2D eigenvalue weighted by molar-refractivity contribution is 0.410.